The molecule has 1 N–H and O–H groups in total. The summed E-state index contributed by atoms with van der Waals surface area (Å²) in [4.78, 5) is 0. The number of phenolic OH excluding ortho intramolecular Hbond substituents is 1. The number of benzene rings is 4. The average Bonchev–Trinajstić information content (AvgIpc) is 2.82. The summed E-state index contributed by atoms with van der Waals surface area (Å²) in [5.41, 5.74) is 6.43. The zero-order chi connectivity index (χ0) is 23.2. The second kappa shape index (κ2) is 7.70. The third-order valence-electron chi connectivity index (χ3n) is 7.02. The van der Waals surface area contributed by atoms with Crippen LogP contribution in [0.2, 0.25) is 0 Å². The Morgan fingerprint density at radius 1 is 0.606 bits per heavy atom. The predicted molar refractivity (Wildman–Crippen MR) is 135 cm³/mol. The highest BCUT2D eigenvalue weighted by Gasteiger charge is 2.39. The zero-order valence-corrected chi connectivity index (χ0v) is 19.6. The van der Waals surface area contributed by atoms with Gasteiger partial charge in [-0.2, -0.15) is 0 Å². The van der Waals surface area contributed by atoms with E-state index in [1.807, 2.05) is 53.2 Å². The van der Waals surface area contributed by atoms with Crippen molar-refractivity contribution >= 4 is 17.1 Å². The van der Waals surface area contributed by atoms with E-state index in [0.717, 1.165) is 28.1 Å². The molecule has 164 valence electrons. The first kappa shape index (κ1) is 21.1. The first-order chi connectivity index (χ1) is 15.8. The van der Waals surface area contributed by atoms with Crippen molar-refractivity contribution in [3.8, 4) is 5.75 Å². The van der Waals surface area contributed by atoms with Crippen molar-refractivity contribution < 1.29 is 5.11 Å². The predicted octanol–water partition coefficient (Wildman–Crippen LogP) is 7.98. The van der Waals surface area contributed by atoms with Crippen LogP contribution in [0.15, 0.2) is 102 Å². The molecule has 0 fully saturated rings. The molecule has 0 spiro atoms. The van der Waals surface area contributed by atoms with Crippen molar-refractivity contribution in [2.24, 2.45) is 5.11 Å². The van der Waals surface area contributed by atoms with Crippen LogP contribution < -0.4 is 4.70 Å². The number of fused-ring (bicyclic) bond motifs is 1. The van der Waals surface area contributed by atoms with Crippen LogP contribution in [-0.2, 0) is 10.8 Å². The molecule has 0 aliphatic carbocycles. The van der Waals surface area contributed by atoms with Gasteiger partial charge >= 0.3 is 0 Å². The van der Waals surface area contributed by atoms with Crippen molar-refractivity contribution in [3.63, 3.8) is 0 Å². The topological polar surface area (TPSA) is 35.6 Å². The Kier molecular flexibility index (Phi) is 4.93. The van der Waals surface area contributed by atoms with Crippen LogP contribution in [0.25, 0.3) is 0 Å². The van der Waals surface area contributed by atoms with Crippen molar-refractivity contribution in [2.45, 2.75) is 38.5 Å². The Hall–Kier alpha value is -3.72. The molecule has 0 saturated heterocycles. The number of nitrogens with zero attached hydrogens (tertiary/aromatic N) is 2. The summed E-state index contributed by atoms with van der Waals surface area (Å²) in [5, 5.41) is 16.3. The molecule has 3 nitrogen and oxygen atoms in total. The molecule has 4 aromatic rings. The summed E-state index contributed by atoms with van der Waals surface area (Å²) in [6.45, 7) is 8.81. The Morgan fingerprint density at radius 3 is 1.76 bits per heavy atom. The number of aromatic hydroxyl groups is 1. The van der Waals surface area contributed by atoms with Crippen LogP contribution in [0.1, 0.15) is 49.9 Å². The van der Waals surface area contributed by atoms with E-state index < -0.39 is 5.41 Å². The van der Waals surface area contributed by atoms with Crippen molar-refractivity contribution in [1.82, 2.24) is 4.70 Å². The van der Waals surface area contributed by atoms with Crippen LogP contribution in [0.4, 0.5) is 17.1 Å². The lowest BCUT2D eigenvalue weighted by Gasteiger charge is -2.31. The molecule has 0 atom stereocenters. The SMILES string of the molecule is CC(C)(c1ccccc1)c1cc([N+]2=Nc3ccccc32)c(O)c(C(C)(C)c2ccccc2)c1. The average molecular weight is 434 g/mol. The normalized spacial score (nSPS) is 13.2. The molecule has 0 saturated carbocycles. The van der Waals surface area contributed by atoms with Gasteiger partial charge in [0.1, 0.15) is 0 Å². The number of hydrogen-bond acceptors (Lipinski definition) is 2. The minimum Gasteiger partial charge on any atom is -0.502 e. The fourth-order valence-corrected chi connectivity index (χ4v) is 4.68. The number of hydrogen-bond donors (Lipinski definition) is 1. The molecule has 0 unspecified atom stereocenters. The Morgan fingerprint density at radius 2 is 1.15 bits per heavy atom. The van der Waals surface area contributed by atoms with Gasteiger partial charge in [0.05, 0.1) is 0 Å². The van der Waals surface area contributed by atoms with Gasteiger partial charge in [0.25, 0.3) is 11.4 Å². The second-order valence-corrected chi connectivity index (χ2v) is 9.77. The molecular formula is C30H29N2O+. The van der Waals surface area contributed by atoms with Gasteiger partial charge in [-0.1, -0.05) is 100 Å². The van der Waals surface area contributed by atoms with Gasteiger partial charge in [0.15, 0.2) is 5.75 Å². The van der Waals surface area contributed by atoms with E-state index in [4.69, 9.17) is 0 Å². The molecular weight excluding hydrogens is 404 g/mol. The molecule has 0 aromatic heterocycles. The molecule has 0 bridgehead atoms. The Balaban J connectivity index is 1.74. The van der Waals surface area contributed by atoms with Gasteiger partial charge in [-0.3, -0.25) is 0 Å². The lowest BCUT2D eigenvalue weighted by atomic mass is 9.72. The lowest BCUT2D eigenvalue weighted by molar-refractivity contribution is 0.448. The number of azo groups is 2. The monoisotopic (exact) mass is 433 g/mol. The van der Waals surface area contributed by atoms with E-state index >= 15 is 0 Å². The third-order valence-corrected chi connectivity index (χ3v) is 7.02. The fraction of sp³-hybridized carbons (Fsp3) is 0.200. The molecule has 4 aromatic carbocycles. The number of phenols is 1. The first-order valence-corrected chi connectivity index (χ1v) is 11.4. The minimum atomic E-state index is -0.396. The van der Waals surface area contributed by atoms with E-state index in [2.05, 4.69) is 81.3 Å². The Bertz CT molecular complexity index is 1350. The smallest absolute Gasteiger partial charge is 0.280 e. The van der Waals surface area contributed by atoms with Crippen LogP contribution in [0, 0.1) is 0 Å². The molecule has 5 rings (SSSR count). The maximum atomic E-state index is 11.6. The van der Waals surface area contributed by atoms with Gasteiger partial charge in [-0.05, 0) is 33.5 Å². The molecule has 33 heavy (non-hydrogen) atoms. The number of rotatable bonds is 5. The standard InChI is InChI=1S/C30H28N2O/c1-29(2,21-13-7-5-8-14-21)23-19-24(30(3,4)22-15-9-6-10-16-22)28(33)27(20-23)32-26-18-12-11-17-25(26)31-32/h5-20H,1-4H3/p+1. The van der Waals surface area contributed by atoms with E-state index in [0.29, 0.717) is 5.69 Å². The third kappa shape index (κ3) is 3.45. The van der Waals surface area contributed by atoms with E-state index in [-0.39, 0.29) is 11.2 Å². The summed E-state index contributed by atoms with van der Waals surface area (Å²) in [7, 11) is 0. The molecule has 0 amide bonds. The summed E-state index contributed by atoms with van der Waals surface area (Å²) in [5.74, 6) is 0.273. The molecule has 3 heteroatoms. The highest BCUT2D eigenvalue weighted by molar-refractivity contribution is 5.75. The number of para-hydroxylation sites is 1. The van der Waals surface area contributed by atoms with Gasteiger partial charge in [-0.25, -0.2) is 0 Å². The van der Waals surface area contributed by atoms with Crippen LogP contribution >= 0.6 is 0 Å². The first-order valence-electron chi connectivity index (χ1n) is 11.4. The van der Waals surface area contributed by atoms with Gasteiger partial charge in [0.2, 0.25) is 5.69 Å². The van der Waals surface area contributed by atoms with Crippen molar-refractivity contribution in [3.05, 3.63) is 119 Å². The van der Waals surface area contributed by atoms with Gasteiger partial charge in [0, 0.05) is 33.6 Å². The van der Waals surface area contributed by atoms with Gasteiger partial charge < -0.3 is 5.11 Å². The van der Waals surface area contributed by atoms with Crippen LogP contribution in [-0.4, -0.2) is 5.11 Å². The largest absolute Gasteiger partial charge is 0.502 e. The van der Waals surface area contributed by atoms with Gasteiger partial charge in [-0.15, -0.1) is 0 Å². The van der Waals surface area contributed by atoms with Crippen molar-refractivity contribution in [2.75, 3.05) is 0 Å². The lowest BCUT2D eigenvalue weighted by Crippen LogP contribution is -2.24. The second-order valence-electron chi connectivity index (χ2n) is 9.77. The maximum Gasteiger partial charge on any atom is 0.280 e. The van der Waals surface area contributed by atoms with Crippen molar-refractivity contribution in [1.29, 1.82) is 0 Å². The fourth-order valence-electron chi connectivity index (χ4n) is 4.68. The highest BCUT2D eigenvalue weighted by atomic mass is 16.3. The summed E-state index contributed by atoms with van der Waals surface area (Å²) in [6.07, 6.45) is 0. The minimum absolute atomic E-state index is 0.254. The molecule has 1 aliphatic heterocycles. The highest BCUT2D eigenvalue weighted by Crippen LogP contribution is 2.49. The quantitative estimate of drug-likeness (QED) is 0.280. The summed E-state index contributed by atoms with van der Waals surface area (Å²) >= 11 is 0. The molecule has 1 aliphatic rings. The molecule has 0 radical (unpaired) electrons. The van der Waals surface area contributed by atoms with Crippen LogP contribution in [0.3, 0.4) is 0 Å². The maximum absolute atomic E-state index is 11.6. The zero-order valence-electron chi connectivity index (χ0n) is 19.6. The van der Waals surface area contributed by atoms with E-state index in [9.17, 15) is 5.11 Å². The van der Waals surface area contributed by atoms with E-state index in [1.54, 1.807) is 0 Å². The Labute approximate surface area is 195 Å². The molecule has 1 heterocycles. The van der Waals surface area contributed by atoms with Crippen LogP contribution in [0.5, 0.6) is 5.75 Å². The van der Waals surface area contributed by atoms with E-state index in [1.165, 1.54) is 5.56 Å². The summed E-state index contributed by atoms with van der Waals surface area (Å²) in [6, 6.07) is 33.2. The summed E-state index contributed by atoms with van der Waals surface area (Å²) < 4.78 is 1.86.